The fourth-order valence-electron chi connectivity index (χ4n) is 2.93. The number of nitrogens with two attached hydrogens (primary N) is 1. The van der Waals surface area contributed by atoms with E-state index in [4.69, 9.17) is 15.6 Å². The van der Waals surface area contributed by atoms with E-state index < -0.39 is 31.1 Å². The summed E-state index contributed by atoms with van der Waals surface area (Å²) in [7, 11) is 0. The van der Waals surface area contributed by atoms with Gasteiger partial charge in [0.05, 0.1) is 19.1 Å². The molecule has 28 heavy (non-hydrogen) atoms. The molecular weight excluding hydrogens is 368 g/mol. The minimum absolute atomic E-state index is 0.218. The molecule has 0 aliphatic carbocycles. The van der Waals surface area contributed by atoms with Crippen LogP contribution in [0.4, 0.5) is 5.82 Å². The second-order valence-electron chi connectivity index (χ2n) is 6.07. The lowest BCUT2D eigenvalue weighted by Gasteiger charge is -2.16. The van der Waals surface area contributed by atoms with E-state index in [0.29, 0.717) is 11.2 Å². The number of imidazole rings is 1. The number of rotatable bonds is 2. The van der Waals surface area contributed by atoms with E-state index in [0.717, 1.165) is 5.65 Å². The van der Waals surface area contributed by atoms with Crippen LogP contribution in [0.2, 0.25) is 0 Å². The van der Waals surface area contributed by atoms with Crippen LogP contribution in [0.25, 0.3) is 16.8 Å². The summed E-state index contributed by atoms with van der Waals surface area (Å²) in [5.41, 5.74) is 7.33. The standard InChI is InChI=1S/C10H13N5O4.C6H5N3/c11-8-5-9(13-2-12-8)15(3-14-5)10-7(18)6(17)4(1-16)19-10;1-3-7-6-2-4-8-9(6)5-1/h2-4,6-7,10,16-18H,1H2,(H2,11,12,13);1-5H/t4-,6-,7-,10-;/m1./s1. The monoisotopic (exact) mass is 386 g/mol. The number of aliphatic hydroxyl groups excluding tert-OH is 3. The van der Waals surface area contributed by atoms with Gasteiger partial charge in [0.1, 0.15) is 30.2 Å². The van der Waals surface area contributed by atoms with E-state index in [-0.39, 0.29) is 5.82 Å². The molecule has 5 heterocycles. The highest BCUT2D eigenvalue weighted by Gasteiger charge is 2.43. The number of hydrogen-bond donors (Lipinski definition) is 4. The third kappa shape index (κ3) is 3.14. The number of nitrogen functional groups attached to an aromatic ring is 1. The molecule has 1 fully saturated rings. The van der Waals surface area contributed by atoms with E-state index in [1.165, 1.54) is 17.2 Å². The maximum atomic E-state index is 9.95. The van der Waals surface area contributed by atoms with Crippen LogP contribution in [-0.2, 0) is 4.74 Å². The largest absolute Gasteiger partial charge is 0.394 e. The summed E-state index contributed by atoms with van der Waals surface area (Å²) >= 11 is 0. The number of nitrogens with zero attached hydrogens (tertiary/aromatic N) is 7. The molecular formula is C16H18N8O4. The first-order chi connectivity index (χ1) is 13.6. The van der Waals surface area contributed by atoms with Gasteiger partial charge in [-0.25, -0.2) is 24.5 Å². The van der Waals surface area contributed by atoms with Crippen LogP contribution in [0.15, 0.2) is 43.4 Å². The van der Waals surface area contributed by atoms with Gasteiger partial charge in [-0.15, -0.1) is 0 Å². The van der Waals surface area contributed by atoms with Crippen molar-refractivity contribution in [2.45, 2.75) is 24.5 Å². The van der Waals surface area contributed by atoms with Gasteiger partial charge < -0.3 is 25.8 Å². The molecule has 0 spiro atoms. The summed E-state index contributed by atoms with van der Waals surface area (Å²) in [5.74, 6) is 0.218. The Morgan fingerprint density at radius 1 is 1.11 bits per heavy atom. The molecule has 5 rings (SSSR count). The molecule has 5 N–H and O–H groups in total. The van der Waals surface area contributed by atoms with E-state index in [1.807, 2.05) is 18.3 Å². The van der Waals surface area contributed by atoms with Crippen molar-refractivity contribution >= 4 is 22.6 Å². The van der Waals surface area contributed by atoms with Gasteiger partial charge in [-0.1, -0.05) is 0 Å². The lowest BCUT2D eigenvalue weighted by atomic mass is 10.1. The van der Waals surface area contributed by atoms with Gasteiger partial charge in [-0.3, -0.25) is 4.57 Å². The van der Waals surface area contributed by atoms with Crippen LogP contribution in [0.1, 0.15) is 6.23 Å². The van der Waals surface area contributed by atoms with Crippen molar-refractivity contribution in [3.05, 3.63) is 43.4 Å². The fraction of sp³-hybridized carbons (Fsp3) is 0.312. The molecule has 12 nitrogen and oxygen atoms in total. The Hall–Kier alpha value is -3.19. The average Bonchev–Trinajstić information content (AvgIpc) is 3.42. The van der Waals surface area contributed by atoms with Crippen molar-refractivity contribution in [3.63, 3.8) is 0 Å². The van der Waals surface area contributed by atoms with E-state index in [9.17, 15) is 10.2 Å². The lowest BCUT2D eigenvalue weighted by Crippen LogP contribution is -2.33. The molecule has 4 aromatic heterocycles. The minimum Gasteiger partial charge on any atom is -0.394 e. The van der Waals surface area contributed by atoms with Crippen molar-refractivity contribution in [2.75, 3.05) is 12.3 Å². The van der Waals surface area contributed by atoms with Crippen LogP contribution in [0.5, 0.6) is 0 Å². The molecule has 4 atom stereocenters. The van der Waals surface area contributed by atoms with Crippen molar-refractivity contribution < 1.29 is 20.1 Å². The Labute approximate surface area is 157 Å². The highest BCUT2D eigenvalue weighted by atomic mass is 16.6. The van der Waals surface area contributed by atoms with Crippen LogP contribution in [0.3, 0.4) is 0 Å². The molecule has 12 heteroatoms. The second-order valence-corrected chi connectivity index (χ2v) is 6.07. The molecule has 0 bridgehead atoms. The zero-order valence-corrected chi connectivity index (χ0v) is 14.5. The molecule has 4 aromatic rings. The van der Waals surface area contributed by atoms with Gasteiger partial charge in [0.15, 0.2) is 23.3 Å². The first-order valence-corrected chi connectivity index (χ1v) is 8.40. The summed E-state index contributed by atoms with van der Waals surface area (Å²) < 4.78 is 8.58. The van der Waals surface area contributed by atoms with Gasteiger partial charge >= 0.3 is 0 Å². The maximum Gasteiger partial charge on any atom is 0.167 e. The molecule has 0 saturated carbocycles. The summed E-state index contributed by atoms with van der Waals surface area (Å²) in [4.78, 5) is 15.9. The van der Waals surface area contributed by atoms with Crippen LogP contribution >= 0.6 is 0 Å². The van der Waals surface area contributed by atoms with E-state index in [2.05, 4.69) is 25.0 Å². The third-order valence-electron chi connectivity index (χ3n) is 4.35. The number of ether oxygens (including phenoxy) is 1. The lowest BCUT2D eigenvalue weighted by molar-refractivity contribution is -0.0511. The Morgan fingerprint density at radius 2 is 1.96 bits per heavy atom. The summed E-state index contributed by atoms with van der Waals surface area (Å²) in [6.45, 7) is -0.390. The number of hydrogen-bond acceptors (Lipinski definition) is 10. The average molecular weight is 386 g/mol. The Morgan fingerprint density at radius 3 is 2.71 bits per heavy atom. The van der Waals surface area contributed by atoms with E-state index in [1.54, 1.807) is 16.9 Å². The molecule has 0 amide bonds. The quantitative estimate of drug-likeness (QED) is 0.326. The number of fused-ring (bicyclic) bond motifs is 2. The number of aromatic nitrogens is 7. The Balaban J connectivity index is 0.000000177. The Bertz CT molecular complexity index is 1050. The highest BCUT2D eigenvalue weighted by molar-refractivity contribution is 5.81. The van der Waals surface area contributed by atoms with Gasteiger partial charge in [0.2, 0.25) is 0 Å². The summed E-state index contributed by atoms with van der Waals surface area (Å²) in [6.07, 6.45) is 3.91. The van der Waals surface area contributed by atoms with Crippen LogP contribution in [-0.4, -0.2) is 74.4 Å². The maximum absolute atomic E-state index is 9.95. The summed E-state index contributed by atoms with van der Waals surface area (Å²) in [5, 5.41) is 32.7. The van der Waals surface area contributed by atoms with Crippen molar-refractivity contribution in [3.8, 4) is 0 Å². The number of anilines is 1. The van der Waals surface area contributed by atoms with Gasteiger partial charge in [0, 0.05) is 18.5 Å². The van der Waals surface area contributed by atoms with E-state index >= 15 is 0 Å². The third-order valence-corrected chi connectivity index (χ3v) is 4.35. The predicted molar refractivity (Wildman–Crippen MR) is 95.7 cm³/mol. The zero-order chi connectivity index (χ0) is 19.7. The first kappa shape index (κ1) is 18.2. The SMILES string of the molecule is Nc1ncnc2c1ncn2[C@@H]1O[C@H](CO)[C@@H](O)[C@H]1O.c1cnc2ccnn2c1. The molecule has 1 aliphatic heterocycles. The van der Waals surface area contributed by atoms with Crippen LogP contribution in [0, 0.1) is 0 Å². The molecule has 1 aliphatic rings. The van der Waals surface area contributed by atoms with Crippen molar-refractivity contribution in [1.82, 2.24) is 34.1 Å². The molecule has 0 aromatic carbocycles. The molecule has 1 saturated heterocycles. The molecule has 0 unspecified atom stereocenters. The van der Waals surface area contributed by atoms with Gasteiger partial charge in [-0.2, -0.15) is 5.10 Å². The normalized spacial score (nSPS) is 24.4. The number of aliphatic hydroxyl groups is 3. The topological polar surface area (TPSA) is 170 Å². The predicted octanol–water partition coefficient (Wildman–Crippen LogP) is -1.25. The van der Waals surface area contributed by atoms with Crippen molar-refractivity contribution in [2.24, 2.45) is 0 Å². The highest BCUT2D eigenvalue weighted by Crippen LogP contribution is 2.31. The Kier molecular flexibility index (Phi) is 4.83. The minimum atomic E-state index is -1.19. The zero-order valence-electron chi connectivity index (χ0n) is 14.5. The fourth-order valence-corrected chi connectivity index (χ4v) is 2.93. The smallest absolute Gasteiger partial charge is 0.167 e. The molecule has 146 valence electrons. The van der Waals surface area contributed by atoms with Gasteiger partial charge in [-0.05, 0) is 6.07 Å². The van der Waals surface area contributed by atoms with Crippen LogP contribution < -0.4 is 5.73 Å². The first-order valence-electron chi connectivity index (χ1n) is 8.40. The second kappa shape index (κ2) is 7.44. The summed E-state index contributed by atoms with van der Waals surface area (Å²) in [6, 6.07) is 3.71. The molecule has 0 radical (unpaired) electrons. The van der Waals surface area contributed by atoms with Crippen molar-refractivity contribution in [1.29, 1.82) is 0 Å². The van der Waals surface area contributed by atoms with Gasteiger partial charge in [0.25, 0.3) is 0 Å².